The van der Waals surface area contributed by atoms with E-state index in [-0.39, 0.29) is 5.41 Å². The summed E-state index contributed by atoms with van der Waals surface area (Å²) in [5.41, 5.74) is 1.23. The van der Waals surface area contributed by atoms with Gasteiger partial charge in [0, 0.05) is 17.9 Å². The number of halogens is 1. The number of hydrogen-bond donors (Lipinski definition) is 0. The van der Waals surface area contributed by atoms with Crippen molar-refractivity contribution in [1.82, 2.24) is 0 Å². The van der Waals surface area contributed by atoms with Crippen molar-refractivity contribution in [2.24, 2.45) is 11.3 Å². The highest BCUT2D eigenvalue weighted by Crippen LogP contribution is 2.28. The van der Waals surface area contributed by atoms with Crippen LogP contribution in [0.1, 0.15) is 39.7 Å². The van der Waals surface area contributed by atoms with Crippen LogP contribution in [-0.2, 0) is 11.2 Å². The van der Waals surface area contributed by atoms with Crippen LogP contribution in [0.5, 0.6) is 0 Å². The van der Waals surface area contributed by atoms with E-state index in [1.807, 2.05) is 24.3 Å². The van der Waals surface area contributed by atoms with E-state index in [1.165, 1.54) is 0 Å². The van der Waals surface area contributed by atoms with E-state index in [0.29, 0.717) is 29.6 Å². The van der Waals surface area contributed by atoms with Gasteiger partial charge in [0.2, 0.25) is 0 Å². The second-order valence-corrected chi connectivity index (χ2v) is 6.25. The highest BCUT2D eigenvalue weighted by Gasteiger charge is 2.22. The Balaban J connectivity index is 2.53. The third-order valence-electron chi connectivity index (χ3n) is 3.33. The van der Waals surface area contributed by atoms with Gasteiger partial charge in [-0.15, -0.1) is 0 Å². The van der Waals surface area contributed by atoms with Gasteiger partial charge >= 0.3 is 0 Å². The van der Waals surface area contributed by atoms with Gasteiger partial charge in [-0.25, -0.2) is 0 Å². The molecule has 0 heterocycles. The molecule has 94 valence electrons. The Morgan fingerprint density at radius 2 is 1.76 bits per heavy atom. The minimum absolute atomic E-state index is 0.190. The fraction of sp³-hybridized carbons (Fsp3) is 0.533. The molecule has 1 aromatic carbocycles. The van der Waals surface area contributed by atoms with Crippen LogP contribution in [0.2, 0.25) is 5.02 Å². The molecule has 0 fully saturated rings. The lowest BCUT2D eigenvalue weighted by molar-refractivity contribution is -0.120. The molecule has 0 spiro atoms. The number of benzene rings is 1. The maximum absolute atomic E-state index is 11.9. The Labute approximate surface area is 109 Å². The van der Waals surface area contributed by atoms with Gasteiger partial charge in [-0.2, -0.15) is 0 Å². The molecule has 0 aromatic heterocycles. The number of Topliss-reactive ketones (excluding diaryl/α,β-unsaturated/α-hetero) is 1. The zero-order valence-electron chi connectivity index (χ0n) is 11.1. The molecule has 2 heteroatoms. The van der Waals surface area contributed by atoms with Crippen molar-refractivity contribution in [3.05, 3.63) is 34.9 Å². The SMILES string of the molecule is CC(CC(=O)Cc1ccc(Cl)cc1)C(C)(C)C. The predicted molar refractivity (Wildman–Crippen MR) is 73.4 cm³/mol. The third-order valence-corrected chi connectivity index (χ3v) is 3.58. The summed E-state index contributed by atoms with van der Waals surface area (Å²) in [5.74, 6) is 0.706. The number of rotatable bonds is 4. The van der Waals surface area contributed by atoms with Crippen molar-refractivity contribution >= 4 is 17.4 Å². The Hall–Kier alpha value is -0.820. The maximum Gasteiger partial charge on any atom is 0.137 e. The molecule has 1 aromatic rings. The van der Waals surface area contributed by atoms with Crippen LogP contribution >= 0.6 is 11.6 Å². The quantitative estimate of drug-likeness (QED) is 0.770. The molecule has 1 atom stereocenters. The van der Waals surface area contributed by atoms with E-state index in [2.05, 4.69) is 27.7 Å². The second kappa shape index (κ2) is 5.68. The van der Waals surface area contributed by atoms with Gasteiger partial charge in [0.15, 0.2) is 0 Å². The lowest BCUT2D eigenvalue weighted by atomic mass is 9.79. The molecular weight excluding hydrogens is 232 g/mol. The molecule has 1 rings (SSSR count). The first-order chi connectivity index (χ1) is 7.79. The Kier molecular flexibility index (Phi) is 4.76. The zero-order chi connectivity index (χ0) is 13.1. The average molecular weight is 253 g/mol. The number of ketones is 1. The Morgan fingerprint density at radius 1 is 1.24 bits per heavy atom. The summed E-state index contributed by atoms with van der Waals surface area (Å²) < 4.78 is 0. The molecule has 0 aliphatic heterocycles. The first-order valence-corrected chi connectivity index (χ1v) is 6.43. The van der Waals surface area contributed by atoms with Crippen molar-refractivity contribution in [1.29, 1.82) is 0 Å². The van der Waals surface area contributed by atoms with E-state index < -0.39 is 0 Å². The minimum atomic E-state index is 0.190. The van der Waals surface area contributed by atoms with E-state index in [1.54, 1.807) is 0 Å². The van der Waals surface area contributed by atoms with Crippen LogP contribution < -0.4 is 0 Å². The van der Waals surface area contributed by atoms with Crippen LogP contribution in [-0.4, -0.2) is 5.78 Å². The van der Waals surface area contributed by atoms with Crippen molar-refractivity contribution in [3.63, 3.8) is 0 Å². The molecule has 0 aliphatic rings. The lowest BCUT2D eigenvalue weighted by Gasteiger charge is -2.26. The molecule has 0 saturated carbocycles. The van der Waals surface area contributed by atoms with Crippen LogP contribution in [0, 0.1) is 11.3 Å². The highest BCUT2D eigenvalue weighted by molar-refractivity contribution is 6.30. The first-order valence-electron chi connectivity index (χ1n) is 6.05. The summed E-state index contributed by atoms with van der Waals surface area (Å²) in [7, 11) is 0. The molecule has 0 saturated heterocycles. The van der Waals surface area contributed by atoms with Crippen LogP contribution in [0.25, 0.3) is 0 Å². The fourth-order valence-corrected chi connectivity index (χ4v) is 1.68. The molecule has 1 nitrogen and oxygen atoms in total. The summed E-state index contributed by atoms with van der Waals surface area (Å²) in [6.07, 6.45) is 1.16. The fourth-order valence-electron chi connectivity index (χ4n) is 1.55. The van der Waals surface area contributed by atoms with Gasteiger partial charge in [0.05, 0.1) is 0 Å². The summed E-state index contributed by atoms with van der Waals surface area (Å²) >= 11 is 5.81. The number of carbonyl (C=O) groups excluding carboxylic acids is 1. The normalized spacial score (nSPS) is 13.5. The first kappa shape index (κ1) is 14.2. The van der Waals surface area contributed by atoms with E-state index in [9.17, 15) is 4.79 Å². The molecule has 1 unspecified atom stereocenters. The summed E-state index contributed by atoms with van der Waals surface area (Å²) in [6.45, 7) is 8.66. The highest BCUT2D eigenvalue weighted by atomic mass is 35.5. The van der Waals surface area contributed by atoms with Crippen molar-refractivity contribution in [3.8, 4) is 0 Å². The van der Waals surface area contributed by atoms with E-state index in [4.69, 9.17) is 11.6 Å². The van der Waals surface area contributed by atoms with Gasteiger partial charge in [0.25, 0.3) is 0 Å². The smallest absolute Gasteiger partial charge is 0.137 e. The summed E-state index contributed by atoms with van der Waals surface area (Å²) in [4.78, 5) is 11.9. The van der Waals surface area contributed by atoms with Gasteiger partial charge in [-0.3, -0.25) is 4.79 Å². The topological polar surface area (TPSA) is 17.1 Å². The van der Waals surface area contributed by atoms with E-state index >= 15 is 0 Å². The standard InChI is InChI=1S/C15H21ClO/c1-11(15(2,3)4)9-14(17)10-12-5-7-13(16)8-6-12/h5-8,11H,9-10H2,1-4H3. The maximum atomic E-state index is 11.9. The summed E-state index contributed by atoms with van der Waals surface area (Å²) in [5, 5.41) is 0.712. The third kappa shape index (κ3) is 4.91. The molecular formula is C15H21ClO. The van der Waals surface area contributed by atoms with E-state index in [0.717, 1.165) is 5.56 Å². The summed E-state index contributed by atoms with van der Waals surface area (Å²) in [6, 6.07) is 7.50. The Bertz CT molecular complexity index is 373. The number of carbonyl (C=O) groups is 1. The van der Waals surface area contributed by atoms with Crippen molar-refractivity contribution in [2.45, 2.75) is 40.5 Å². The molecule has 17 heavy (non-hydrogen) atoms. The van der Waals surface area contributed by atoms with Gasteiger partial charge in [-0.1, -0.05) is 51.4 Å². The monoisotopic (exact) mass is 252 g/mol. The van der Waals surface area contributed by atoms with Crippen LogP contribution in [0.15, 0.2) is 24.3 Å². The molecule has 0 aliphatic carbocycles. The molecule has 0 radical (unpaired) electrons. The zero-order valence-corrected chi connectivity index (χ0v) is 11.8. The van der Waals surface area contributed by atoms with Crippen molar-refractivity contribution in [2.75, 3.05) is 0 Å². The van der Waals surface area contributed by atoms with Gasteiger partial charge in [0.1, 0.15) is 5.78 Å². The lowest BCUT2D eigenvalue weighted by Crippen LogP contribution is -2.21. The van der Waals surface area contributed by atoms with Gasteiger partial charge in [-0.05, 0) is 29.0 Å². The second-order valence-electron chi connectivity index (χ2n) is 5.81. The van der Waals surface area contributed by atoms with Crippen molar-refractivity contribution < 1.29 is 4.79 Å². The van der Waals surface area contributed by atoms with Gasteiger partial charge < -0.3 is 0 Å². The number of hydrogen-bond acceptors (Lipinski definition) is 1. The Morgan fingerprint density at radius 3 is 2.24 bits per heavy atom. The van der Waals surface area contributed by atoms with Crippen LogP contribution in [0.3, 0.4) is 0 Å². The largest absolute Gasteiger partial charge is 0.299 e. The minimum Gasteiger partial charge on any atom is -0.299 e. The molecule has 0 amide bonds. The average Bonchev–Trinajstić information content (AvgIpc) is 2.20. The predicted octanol–water partition coefficient (Wildman–Crippen LogP) is 4.52. The molecule has 0 N–H and O–H groups in total. The van der Waals surface area contributed by atoms with Crippen LogP contribution in [0.4, 0.5) is 0 Å². The molecule has 0 bridgehead atoms.